The predicted molar refractivity (Wildman–Crippen MR) is 84.8 cm³/mol. The van der Waals surface area contributed by atoms with Crippen LogP contribution >= 0.6 is 15.9 Å². The van der Waals surface area contributed by atoms with Crippen molar-refractivity contribution >= 4 is 22.0 Å². The molecule has 0 spiro atoms. The van der Waals surface area contributed by atoms with Crippen LogP contribution in [0.3, 0.4) is 0 Å². The number of benzene rings is 1. The Kier molecular flexibility index (Phi) is 6.02. The molecule has 20 heavy (non-hydrogen) atoms. The fourth-order valence-corrected chi connectivity index (χ4v) is 2.30. The van der Waals surface area contributed by atoms with Crippen molar-refractivity contribution in [1.82, 2.24) is 5.32 Å². The van der Waals surface area contributed by atoms with E-state index in [1.54, 1.807) is 0 Å². The summed E-state index contributed by atoms with van der Waals surface area (Å²) in [6.45, 7) is 7.92. The SMILES string of the molecule is Cc1cc(Br)ccc1CC(CN)NC(=O)OC(C)(C)C. The van der Waals surface area contributed by atoms with E-state index in [4.69, 9.17) is 10.5 Å². The largest absolute Gasteiger partial charge is 0.444 e. The molecule has 0 saturated heterocycles. The highest BCUT2D eigenvalue weighted by Crippen LogP contribution is 2.17. The maximum Gasteiger partial charge on any atom is 0.407 e. The van der Waals surface area contributed by atoms with E-state index in [-0.39, 0.29) is 6.04 Å². The van der Waals surface area contributed by atoms with Crippen molar-refractivity contribution in [3.8, 4) is 0 Å². The van der Waals surface area contributed by atoms with E-state index < -0.39 is 11.7 Å². The smallest absolute Gasteiger partial charge is 0.407 e. The molecule has 0 radical (unpaired) electrons. The summed E-state index contributed by atoms with van der Waals surface area (Å²) in [6, 6.07) is 5.95. The van der Waals surface area contributed by atoms with Gasteiger partial charge in [0.15, 0.2) is 0 Å². The molecule has 0 aliphatic heterocycles. The minimum atomic E-state index is -0.503. The van der Waals surface area contributed by atoms with Gasteiger partial charge in [-0.1, -0.05) is 22.0 Å². The fraction of sp³-hybridized carbons (Fsp3) is 0.533. The van der Waals surface area contributed by atoms with Gasteiger partial charge in [0.1, 0.15) is 5.60 Å². The monoisotopic (exact) mass is 342 g/mol. The summed E-state index contributed by atoms with van der Waals surface area (Å²) in [7, 11) is 0. The average Bonchev–Trinajstić information content (AvgIpc) is 2.29. The number of halogens is 1. The number of alkyl carbamates (subject to hydrolysis) is 1. The maximum atomic E-state index is 11.8. The summed E-state index contributed by atoms with van der Waals surface area (Å²) in [5.41, 5.74) is 7.57. The highest BCUT2D eigenvalue weighted by atomic mass is 79.9. The Hall–Kier alpha value is -1.07. The Labute approximate surface area is 129 Å². The summed E-state index contributed by atoms with van der Waals surface area (Å²) in [5.74, 6) is 0. The number of nitrogens with two attached hydrogens (primary N) is 1. The lowest BCUT2D eigenvalue weighted by molar-refractivity contribution is 0.0506. The van der Waals surface area contributed by atoms with Crippen LogP contribution in [-0.4, -0.2) is 24.3 Å². The first-order valence-corrected chi connectivity index (χ1v) is 7.45. The third-order valence-electron chi connectivity index (χ3n) is 2.78. The van der Waals surface area contributed by atoms with Gasteiger partial charge in [0.25, 0.3) is 0 Å². The highest BCUT2D eigenvalue weighted by molar-refractivity contribution is 9.10. The van der Waals surface area contributed by atoms with Crippen LogP contribution in [-0.2, 0) is 11.2 Å². The molecule has 0 fully saturated rings. The Morgan fingerprint density at radius 2 is 2.10 bits per heavy atom. The molecule has 5 heteroatoms. The molecule has 0 aromatic heterocycles. The summed E-state index contributed by atoms with van der Waals surface area (Å²) < 4.78 is 6.29. The standard InChI is InChI=1S/C15H23BrN2O2/c1-10-7-12(16)6-5-11(10)8-13(9-17)18-14(19)20-15(2,3)4/h5-7,13H,8-9,17H2,1-4H3,(H,18,19). The lowest BCUT2D eigenvalue weighted by Crippen LogP contribution is -2.44. The Balaban J connectivity index is 2.65. The number of hydrogen-bond acceptors (Lipinski definition) is 3. The zero-order chi connectivity index (χ0) is 15.3. The van der Waals surface area contributed by atoms with Crippen LogP contribution in [0.4, 0.5) is 4.79 Å². The highest BCUT2D eigenvalue weighted by Gasteiger charge is 2.19. The molecule has 0 heterocycles. The van der Waals surface area contributed by atoms with Crippen LogP contribution in [0.2, 0.25) is 0 Å². The fourth-order valence-electron chi connectivity index (χ4n) is 1.82. The van der Waals surface area contributed by atoms with Crippen molar-refractivity contribution in [2.24, 2.45) is 5.73 Å². The number of nitrogens with one attached hydrogen (secondary N) is 1. The zero-order valence-electron chi connectivity index (χ0n) is 12.5. The van der Waals surface area contributed by atoms with Crippen molar-refractivity contribution in [1.29, 1.82) is 0 Å². The minimum Gasteiger partial charge on any atom is -0.444 e. The maximum absolute atomic E-state index is 11.8. The molecule has 3 N–H and O–H groups in total. The predicted octanol–water partition coefficient (Wildman–Crippen LogP) is 3.15. The molecule has 0 bridgehead atoms. The summed E-state index contributed by atoms with van der Waals surface area (Å²) in [4.78, 5) is 11.8. The van der Waals surface area contributed by atoms with Crippen molar-refractivity contribution in [3.63, 3.8) is 0 Å². The first-order chi connectivity index (χ1) is 9.21. The molecule has 1 unspecified atom stereocenters. The summed E-state index contributed by atoms with van der Waals surface area (Å²) in [6.07, 6.45) is 0.261. The summed E-state index contributed by atoms with van der Waals surface area (Å²) >= 11 is 3.44. The quantitative estimate of drug-likeness (QED) is 0.883. The molecule has 1 amide bonds. The number of hydrogen-bond donors (Lipinski definition) is 2. The van der Waals surface area contributed by atoms with Gasteiger partial charge in [-0.25, -0.2) is 4.79 Å². The number of rotatable bonds is 4. The van der Waals surface area contributed by atoms with Crippen LogP contribution in [0.25, 0.3) is 0 Å². The zero-order valence-corrected chi connectivity index (χ0v) is 14.1. The number of aryl methyl sites for hydroxylation is 1. The number of carbonyl (C=O) groups is 1. The average molecular weight is 343 g/mol. The molecule has 1 atom stereocenters. The number of amides is 1. The Bertz CT molecular complexity index is 469. The molecule has 0 aliphatic rings. The molecule has 4 nitrogen and oxygen atoms in total. The second-order valence-corrected chi connectivity index (χ2v) is 6.77. The first kappa shape index (κ1) is 17.0. The normalized spacial score (nSPS) is 12.9. The van der Waals surface area contributed by atoms with E-state index in [9.17, 15) is 4.79 Å². The van der Waals surface area contributed by atoms with Crippen molar-refractivity contribution < 1.29 is 9.53 Å². The van der Waals surface area contributed by atoms with Gasteiger partial charge in [0, 0.05) is 17.1 Å². The second-order valence-electron chi connectivity index (χ2n) is 5.85. The Morgan fingerprint density at radius 1 is 1.45 bits per heavy atom. The van der Waals surface area contributed by atoms with Crippen molar-refractivity contribution in [2.75, 3.05) is 6.54 Å². The van der Waals surface area contributed by atoms with E-state index in [0.717, 1.165) is 4.47 Å². The number of carbonyl (C=O) groups excluding carboxylic acids is 1. The molecular weight excluding hydrogens is 320 g/mol. The van der Waals surface area contributed by atoms with Crippen LogP contribution in [0.1, 0.15) is 31.9 Å². The van der Waals surface area contributed by atoms with Gasteiger partial charge >= 0.3 is 6.09 Å². The molecular formula is C15H23BrN2O2. The van der Waals surface area contributed by atoms with Crippen LogP contribution in [0.5, 0.6) is 0 Å². The van der Waals surface area contributed by atoms with Gasteiger partial charge in [-0.3, -0.25) is 0 Å². The first-order valence-electron chi connectivity index (χ1n) is 6.66. The van der Waals surface area contributed by atoms with Gasteiger partial charge in [-0.05, 0) is 57.4 Å². The van der Waals surface area contributed by atoms with Gasteiger partial charge in [0.05, 0.1) is 0 Å². The van der Waals surface area contributed by atoms with Crippen LogP contribution in [0.15, 0.2) is 22.7 Å². The lowest BCUT2D eigenvalue weighted by atomic mass is 10.0. The second kappa shape index (κ2) is 7.09. The van der Waals surface area contributed by atoms with Gasteiger partial charge in [-0.15, -0.1) is 0 Å². The topological polar surface area (TPSA) is 64.3 Å². The van der Waals surface area contributed by atoms with Crippen molar-refractivity contribution in [3.05, 3.63) is 33.8 Å². The third kappa shape index (κ3) is 5.92. The molecule has 1 aromatic carbocycles. The molecule has 1 rings (SSSR count). The van der Waals surface area contributed by atoms with Crippen LogP contribution in [0, 0.1) is 6.92 Å². The van der Waals surface area contributed by atoms with Crippen LogP contribution < -0.4 is 11.1 Å². The molecule has 0 aliphatic carbocycles. The van der Waals surface area contributed by atoms with Gasteiger partial charge < -0.3 is 15.8 Å². The lowest BCUT2D eigenvalue weighted by Gasteiger charge is -2.23. The minimum absolute atomic E-state index is 0.135. The summed E-state index contributed by atoms with van der Waals surface area (Å²) in [5, 5.41) is 2.82. The van der Waals surface area contributed by atoms with E-state index >= 15 is 0 Å². The van der Waals surface area contributed by atoms with E-state index in [1.165, 1.54) is 11.1 Å². The van der Waals surface area contributed by atoms with Gasteiger partial charge in [-0.2, -0.15) is 0 Å². The van der Waals surface area contributed by atoms with Gasteiger partial charge in [0.2, 0.25) is 0 Å². The van der Waals surface area contributed by atoms with E-state index in [0.29, 0.717) is 13.0 Å². The molecule has 0 saturated carbocycles. The van der Waals surface area contributed by atoms with E-state index in [1.807, 2.05) is 39.8 Å². The Morgan fingerprint density at radius 3 is 2.60 bits per heavy atom. The third-order valence-corrected chi connectivity index (χ3v) is 3.27. The number of ether oxygens (including phenoxy) is 1. The van der Waals surface area contributed by atoms with Crippen molar-refractivity contribution in [2.45, 2.75) is 45.8 Å². The van der Waals surface area contributed by atoms with E-state index in [2.05, 4.69) is 27.3 Å². The molecule has 1 aromatic rings. The molecule has 112 valence electrons.